The number of fused-ring (bicyclic) bond motifs is 3. The zero-order chi connectivity index (χ0) is 19.1. The molecule has 0 amide bonds. The van der Waals surface area contributed by atoms with Gasteiger partial charge >= 0.3 is 0 Å². The number of aromatic nitrogens is 3. The van der Waals surface area contributed by atoms with Gasteiger partial charge in [0.1, 0.15) is 0 Å². The molecule has 4 aromatic rings. The Bertz CT molecular complexity index is 1180. The lowest BCUT2D eigenvalue weighted by molar-refractivity contribution is -0.255. The molecule has 5 nitrogen and oxygen atoms in total. The number of hydrogen-bond donors (Lipinski definition) is 0. The van der Waals surface area contributed by atoms with Crippen LogP contribution in [0, 0.1) is 20.8 Å². The van der Waals surface area contributed by atoms with Crippen LogP contribution in [-0.4, -0.2) is 20.6 Å². The summed E-state index contributed by atoms with van der Waals surface area (Å²) in [5, 5.41) is 21.7. The molecule has 0 N–H and O–H groups in total. The minimum atomic E-state index is -1.16. The van der Waals surface area contributed by atoms with Gasteiger partial charge in [-0.3, -0.25) is 4.40 Å². The molecule has 0 saturated heterocycles. The smallest absolute Gasteiger partial charge is 0.196 e. The van der Waals surface area contributed by atoms with Crippen LogP contribution < -0.4 is 5.11 Å². The minimum Gasteiger partial charge on any atom is -0.545 e. The SMILES string of the molecule is Cc1ccc2cc(C)c3nnc(SCc4ccc(C(=O)[O-])cc4)n3c2c1C. The minimum absolute atomic E-state index is 0.185. The Kier molecular flexibility index (Phi) is 4.36. The van der Waals surface area contributed by atoms with E-state index in [1.54, 1.807) is 36.0 Å². The maximum atomic E-state index is 10.9. The first-order valence-corrected chi connectivity index (χ1v) is 9.62. The number of thioether (sulfide) groups is 1. The first kappa shape index (κ1) is 17.5. The van der Waals surface area contributed by atoms with Gasteiger partial charge in [0.25, 0.3) is 0 Å². The molecule has 0 aliphatic rings. The summed E-state index contributed by atoms with van der Waals surface area (Å²) in [6.45, 7) is 6.28. The quantitative estimate of drug-likeness (QED) is 0.510. The monoisotopic (exact) mass is 376 g/mol. The number of carbonyl (C=O) groups is 1. The number of hydrogen-bond acceptors (Lipinski definition) is 5. The predicted molar refractivity (Wildman–Crippen MR) is 105 cm³/mol. The van der Waals surface area contributed by atoms with E-state index in [0.29, 0.717) is 5.75 Å². The van der Waals surface area contributed by atoms with E-state index >= 15 is 0 Å². The average Bonchev–Trinajstić information content (AvgIpc) is 3.08. The summed E-state index contributed by atoms with van der Waals surface area (Å²) in [6, 6.07) is 13.2. The van der Waals surface area contributed by atoms with E-state index in [4.69, 9.17) is 0 Å². The molecule has 6 heteroatoms. The van der Waals surface area contributed by atoms with Crippen LogP contribution in [0.15, 0.2) is 47.6 Å². The van der Waals surface area contributed by atoms with E-state index in [1.807, 2.05) is 6.92 Å². The largest absolute Gasteiger partial charge is 0.545 e. The molecule has 4 rings (SSSR count). The van der Waals surface area contributed by atoms with Crippen molar-refractivity contribution < 1.29 is 9.90 Å². The number of carboxylic acid groups (broad SMARTS) is 1. The molecule has 2 heterocycles. The molecule has 27 heavy (non-hydrogen) atoms. The van der Waals surface area contributed by atoms with Crippen molar-refractivity contribution >= 4 is 34.3 Å². The molecule has 0 atom stereocenters. The predicted octanol–water partition coefficient (Wildman–Crippen LogP) is 3.46. The van der Waals surface area contributed by atoms with Gasteiger partial charge in [-0.25, -0.2) is 0 Å². The molecule has 0 saturated carbocycles. The van der Waals surface area contributed by atoms with Crippen molar-refractivity contribution in [3.63, 3.8) is 0 Å². The maximum Gasteiger partial charge on any atom is 0.196 e. The highest BCUT2D eigenvalue weighted by molar-refractivity contribution is 7.98. The van der Waals surface area contributed by atoms with Gasteiger partial charge in [0.05, 0.1) is 11.5 Å². The van der Waals surface area contributed by atoms with Gasteiger partial charge < -0.3 is 9.90 Å². The summed E-state index contributed by atoms with van der Waals surface area (Å²) in [5.41, 5.74) is 6.74. The number of rotatable bonds is 4. The van der Waals surface area contributed by atoms with E-state index in [-0.39, 0.29) is 5.56 Å². The molecule has 136 valence electrons. The van der Waals surface area contributed by atoms with Crippen molar-refractivity contribution in [1.82, 2.24) is 14.6 Å². The molecule has 0 spiro atoms. The van der Waals surface area contributed by atoms with Crippen molar-refractivity contribution in [2.75, 3.05) is 0 Å². The van der Waals surface area contributed by atoms with Gasteiger partial charge in [-0.15, -0.1) is 10.2 Å². The van der Waals surface area contributed by atoms with Gasteiger partial charge in [-0.05, 0) is 60.0 Å². The van der Waals surface area contributed by atoms with Crippen molar-refractivity contribution in [2.45, 2.75) is 31.7 Å². The van der Waals surface area contributed by atoms with E-state index in [1.165, 1.54) is 16.5 Å². The topological polar surface area (TPSA) is 70.3 Å². The van der Waals surface area contributed by atoms with Gasteiger partial charge in [-0.2, -0.15) is 0 Å². The fraction of sp³-hybridized carbons (Fsp3) is 0.190. The highest BCUT2D eigenvalue weighted by Gasteiger charge is 2.14. The number of benzene rings is 2. The van der Waals surface area contributed by atoms with E-state index in [2.05, 4.69) is 46.6 Å². The van der Waals surface area contributed by atoms with Crippen LogP contribution in [0.5, 0.6) is 0 Å². The summed E-state index contributed by atoms with van der Waals surface area (Å²) >= 11 is 1.59. The number of aryl methyl sites for hydroxylation is 3. The van der Waals surface area contributed by atoms with Crippen LogP contribution >= 0.6 is 11.8 Å². The summed E-state index contributed by atoms with van der Waals surface area (Å²) in [5.74, 6) is -0.487. The van der Waals surface area contributed by atoms with E-state index in [0.717, 1.165) is 27.4 Å². The third-order valence-electron chi connectivity index (χ3n) is 4.87. The van der Waals surface area contributed by atoms with Crippen LogP contribution in [0.4, 0.5) is 0 Å². The normalized spacial score (nSPS) is 11.4. The third kappa shape index (κ3) is 3.06. The van der Waals surface area contributed by atoms with Crippen molar-refractivity contribution in [1.29, 1.82) is 0 Å². The van der Waals surface area contributed by atoms with Gasteiger partial charge in [0.15, 0.2) is 10.8 Å². The Morgan fingerprint density at radius 2 is 1.78 bits per heavy atom. The molecule has 0 bridgehead atoms. The molecule has 0 aliphatic heterocycles. The van der Waals surface area contributed by atoms with Crippen LogP contribution in [0.25, 0.3) is 16.6 Å². The number of carboxylic acids is 1. The zero-order valence-electron chi connectivity index (χ0n) is 15.3. The zero-order valence-corrected chi connectivity index (χ0v) is 16.1. The van der Waals surface area contributed by atoms with Crippen LogP contribution in [0.1, 0.15) is 32.6 Å². The fourth-order valence-electron chi connectivity index (χ4n) is 3.24. The van der Waals surface area contributed by atoms with Crippen molar-refractivity contribution in [3.05, 3.63) is 70.3 Å². The van der Waals surface area contributed by atoms with Crippen molar-refractivity contribution in [2.24, 2.45) is 0 Å². The summed E-state index contributed by atoms with van der Waals surface area (Å²) in [6.07, 6.45) is 0. The molecule has 0 radical (unpaired) electrons. The van der Waals surface area contributed by atoms with Crippen LogP contribution in [0.2, 0.25) is 0 Å². The first-order valence-electron chi connectivity index (χ1n) is 8.63. The lowest BCUT2D eigenvalue weighted by Crippen LogP contribution is -2.21. The Morgan fingerprint density at radius 1 is 1.04 bits per heavy atom. The second-order valence-electron chi connectivity index (χ2n) is 6.69. The molecular weight excluding hydrogens is 358 g/mol. The number of pyridine rings is 1. The maximum absolute atomic E-state index is 10.9. The lowest BCUT2D eigenvalue weighted by atomic mass is 10.0. The number of aromatic carboxylic acids is 1. The standard InChI is InChI=1S/C21H19N3O2S/c1-12-4-7-17-10-13(2)19-22-23-21(24(19)18(17)14(12)3)27-11-15-5-8-16(9-6-15)20(25)26/h4-10H,11H2,1-3H3,(H,25,26)/p-1. The fourth-order valence-corrected chi connectivity index (χ4v) is 4.13. The molecule has 2 aromatic carbocycles. The Labute approximate surface area is 161 Å². The number of nitrogens with zero attached hydrogens (tertiary/aromatic N) is 3. The van der Waals surface area contributed by atoms with E-state index < -0.39 is 5.97 Å². The van der Waals surface area contributed by atoms with Crippen LogP contribution in [-0.2, 0) is 5.75 Å². The molecule has 2 aromatic heterocycles. The summed E-state index contributed by atoms with van der Waals surface area (Å²) in [7, 11) is 0. The number of carbonyl (C=O) groups excluding carboxylic acids is 1. The highest BCUT2D eigenvalue weighted by Crippen LogP contribution is 2.30. The molecule has 0 fully saturated rings. The Balaban J connectivity index is 1.76. The first-order chi connectivity index (χ1) is 13.0. The summed E-state index contributed by atoms with van der Waals surface area (Å²) < 4.78 is 2.13. The van der Waals surface area contributed by atoms with Gasteiger partial charge in [0.2, 0.25) is 0 Å². The molecule has 0 unspecified atom stereocenters. The van der Waals surface area contributed by atoms with Gasteiger partial charge in [-0.1, -0.05) is 48.2 Å². The van der Waals surface area contributed by atoms with Crippen molar-refractivity contribution in [3.8, 4) is 0 Å². The van der Waals surface area contributed by atoms with Gasteiger partial charge in [0, 0.05) is 5.75 Å². The second-order valence-corrected chi connectivity index (χ2v) is 7.63. The summed E-state index contributed by atoms with van der Waals surface area (Å²) in [4.78, 5) is 10.9. The van der Waals surface area contributed by atoms with Crippen LogP contribution in [0.3, 0.4) is 0 Å². The highest BCUT2D eigenvalue weighted by atomic mass is 32.2. The average molecular weight is 376 g/mol. The Hall–Kier alpha value is -2.86. The Morgan fingerprint density at radius 3 is 2.48 bits per heavy atom. The molecular formula is C21H18N3O2S-. The molecule has 0 aliphatic carbocycles. The second kappa shape index (κ2) is 6.70. The third-order valence-corrected chi connectivity index (χ3v) is 5.87. The van der Waals surface area contributed by atoms with E-state index in [9.17, 15) is 9.90 Å². The lowest BCUT2D eigenvalue weighted by Gasteiger charge is -2.11.